The molecule has 0 bridgehead atoms. The van der Waals surface area contributed by atoms with Crippen LogP contribution in [0.4, 0.5) is 0 Å². The zero-order chi connectivity index (χ0) is 24.5. The van der Waals surface area contributed by atoms with E-state index in [2.05, 4.69) is 85.2 Å². The molecule has 1 unspecified atom stereocenters. The smallest absolute Gasteiger partial charge is 0.252 e. The lowest BCUT2D eigenvalue weighted by Gasteiger charge is -2.40. The molecule has 7 heteroatoms. The summed E-state index contributed by atoms with van der Waals surface area (Å²) in [5.41, 5.74) is 3.87. The maximum atomic E-state index is 13.3. The predicted octanol–water partition coefficient (Wildman–Crippen LogP) is 5.56. The molecule has 1 N–H and O–H groups in total. The Morgan fingerprint density at radius 1 is 1.15 bits per heavy atom. The number of hydrogen-bond donors (Lipinski definition) is 1. The molecular formula is C27H40N6O. The van der Waals surface area contributed by atoms with Gasteiger partial charge in [-0.15, -0.1) is 5.10 Å². The van der Waals surface area contributed by atoms with Crippen LogP contribution in [0.15, 0.2) is 23.0 Å². The van der Waals surface area contributed by atoms with Crippen molar-refractivity contribution in [3.05, 3.63) is 51.1 Å². The number of benzene rings is 1. The van der Waals surface area contributed by atoms with Crippen LogP contribution < -0.4 is 5.56 Å². The molecular weight excluding hydrogens is 424 g/mol. The number of aromatic amines is 1. The lowest BCUT2D eigenvalue weighted by atomic mass is 9.91. The minimum Gasteiger partial charge on any atom is -0.321 e. The molecule has 0 amide bonds. The van der Waals surface area contributed by atoms with Crippen molar-refractivity contribution in [2.24, 2.45) is 0 Å². The van der Waals surface area contributed by atoms with Gasteiger partial charge in [0.1, 0.15) is 0 Å². The molecule has 0 saturated heterocycles. The monoisotopic (exact) mass is 464 g/mol. The van der Waals surface area contributed by atoms with Crippen LogP contribution in [-0.4, -0.2) is 36.1 Å². The van der Waals surface area contributed by atoms with Gasteiger partial charge in [0.15, 0.2) is 5.82 Å². The number of hydrogen-bond acceptors (Lipinski definition) is 5. The number of pyridine rings is 1. The first-order valence-electron chi connectivity index (χ1n) is 12.9. The molecule has 2 heterocycles. The van der Waals surface area contributed by atoms with Crippen LogP contribution in [0.25, 0.3) is 10.9 Å². The second-order valence-electron chi connectivity index (χ2n) is 11.1. The van der Waals surface area contributed by atoms with Gasteiger partial charge in [0.25, 0.3) is 5.56 Å². The van der Waals surface area contributed by atoms with Gasteiger partial charge in [0.2, 0.25) is 0 Å². The van der Waals surface area contributed by atoms with E-state index in [0.29, 0.717) is 12.6 Å². The molecule has 1 aromatic carbocycles. The maximum absolute atomic E-state index is 13.3. The van der Waals surface area contributed by atoms with Gasteiger partial charge in [-0.25, -0.2) is 4.68 Å². The van der Waals surface area contributed by atoms with Gasteiger partial charge < -0.3 is 4.98 Å². The number of nitrogens with zero attached hydrogens (tertiary/aromatic N) is 5. The van der Waals surface area contributed by atoms with E-state index < -0.39 is 0 Å². The molecule has 0 aliphatic heterocycles. The molecule has 7 nitrogen and oxygen atoms in total. The lowest BCUT2D eigenvalue weighted by Crippen LogP contribution is -2.42. The highest BCUT2D eigenvalue weighted by molar-refractivity contribution is 5.82. The van der Waals surface area contributed by atoms with E-state index in [4.69, 9.17) is 0 Å². The molecule has 1 fully saturated rings. The Hall–Kier alpha value is -2.54. The molecule has 1 aliphatic carbocycles. The summed E-state index contributed by atoms with van der Waals surface area (Å²) in [6.45, 7) is 13.4. The van der Waals surface area contributed by atoms with Crippen LogP contribution in [0.5, 0.6) is 0 Å². The van der Waals surface area contributed by atoms with Gasteiger partial charge in [-0.2, -0.15) is 0 Å². The first kappa shape index (κ1) is 24.6. The number of nitrogens with one attached hydrogen (secondary N) is 1. The molecule has 184 valence electrons. The minimum atomic E-state index is -0.210. The van der Waals surface area contributed by atoms with E-state index in [1.807, 2.05) is 4.68 Å². The number of aromatic nitrogens is 5. The van der Waals surface area contributed by atoms with Crippen LogP contribution in [0.3, 0.4) is 0 Å². The largest absolute Gasteiger partial charge is 0.321 e. The second-order valence-corrected chi connectivity index (χ2v) is 11.1. The van der Waals surface area contributed by atoms with Gasteiger partial charge >= 0.3 is 0 Å². The van der Waals surface area contributed by atoms with Crippen LogP contribution >= 0.6 is 0 Å². The number of fused-ring (bicyclic) bond motifs is 1. The predicted molar refractivity (Wildman–Crippen MR) is 137 cm³/mol. The summed E-state index contributed by atoms with van der Waals surface area (Å²) in [6, 6.07) is 6.87. The molecule has 3 aromatic rings. The number of tetrazole rings is 1. The van der Waals surface area contributed by atoms with Crippen LogP contribution in [0.2, 0.25) is 0 Å². The van der Waals surface area contributed by atoms with Gasteiger partial charge in [0.05, 0.1) is 17.1 Å². The molecule has 2 aromatic heterocycles. The van der Waals surface area contributed by atoms with Gasteiger partial charge in [0, 0.05) is 18.2 Å². The molecule has 0 spiro atoms. The average molecular weight is 465 g/mol. The Morgan fingerprint density at radius 2 is 1.88 bits per heavy atom. The fraction of sp³-hybridized carbons (Fsp3) is 0.630. The van der Waals surface area contributed by atoms with Crippen molar-refractivity contribution in [1.29, 1.82) is 0 Å². The van der Waals surface area contributed by atoms with Crippen LogP contribution in [0.1, 0.15) is 101 Å². The SMILES string of the molecule is CCCC(c1nnnn1C(C)(C)C)N(Cc1cc2cc(C)cc(C)c2[nH]c1=O)C1CCCCC1. The average Bonchev–Trinajstić information content (AvgIpc) is 3.28. The second kappa shape index (κ2) is 9.98. The molecule has 0 radical (unpaired) electrons. The van der Waals surface area contributed by atoms with Crippen molar-refractivity contribution >= 4 is 10.9 Å². The summed E-state index contributed by atoms with van der Waals surface area (Å²) >= 11 is 0. The van der Waals surface area contributed by atoms with Crippen molar-refractivity contribution in [1.82, 2.24) is 30.1 Å². The first-order chi connectivity index (χ1) is 16.2. The van der Waals surface area contributed by atoms with E-state index >= 15 is 0 Å². The Bertz CT molecular complexity index is 1180. The van der Waals surface area contributed by atoms with Crippen LogP contribution in [0, 0.1) is 13.8 Å². The molecule has 1 aliphatic rings. The Labute approximate surface area is 202 Å². The zero-order valence-corrected chi connectivity index (χ0v) is 21.7. The van der Waals surface area contributed by atoms with Crippen molar-refractivity contribution in [2.75, 3.05) is 0 Å². The topological polar surface area (TPSA) is 79.7 Å². The Morgan fingerprint density at radius 3 is 2.56 bits per heavy atom. The quantitative estimate of drug-likeness (QED) is 0.495. The minimum absolute atomic E-state index is 0.00549. The summed E-state index contributed by atoms with van der Waals surface area (Å²) < 4.78 is 1.97. The molecule has 4 rings (SSSR count). The molecule has 1 atom stereocenters. The number of aryl methyl sites for hydroxylation is 2. The van der Waals surface area contributed by atoms with E-state index in [9.17, 15) is 4.79 Å². The van der Waals surface area contributed by atoms with E-state index in [0.717, 1.165) is 53.5 Å². The van der Waals surface area contributed by atoms with Crippen molar-refractivity contribution in [3.8, 4) is 0 Å². The standard InChI is InChI=1S/C27H40N6O/c1-7-11-23(25-29-30-31-33(25)27(4,5)6)32(22-12-9-8-10-13-22)17-21-16-20-15-18(2)14-19(3)24(20)28-26(21)34/h14-16,22-23H,7-13,17H2,1-6H3,(H,28,34). The number of rotatable bonds is 7. The summed E-state index contributed by atoms with van der Waals surface area (Å²) in [7, 11) is 0. The van der Waals surface area contributed by atoms with Crippen molar-refractivity contribution in [3.63, 3.8) is 0 Å². The summed E-state index contributed by atoms with van der Waals surface area (Å²) in [5.74, 6) is 0.906. The highest BCUT2D eigenvalue weighted by atomic mass is 16.1. The van der Waals surface area contributed by atoms with E-state index in [1.54, 1.807) is 0 Å². The first-order valence-corrected chi connectivity index (χ1v) is 12.9. The fourth-order valence-electron chi connectivity index (χ4n) is 5.55. The maximum Gasteiger partial charge on any atom is 0.252 e. The van der Waals surface area contributed by atoms with E-state index in [1.165, 1.54) is 24.8 Å². The normalized spacial score (nSPS) is 16.4. The highest BCUT2D eigenvalue weighted by Crippen LogP contribution is 2.35. The van der Waals surface area contributed by atoms with Crippen LogP contribution in [-0.2, 0) is 12.1 Å². The Balaban J connectivity index is 1.79. The molecule has 34 heavy (non-hydrogen) atoms. The van der Waals surface area contributed by atoms with Crippen molar-refractivity contribution < 1.29 is 0 Å². The van der Waals surface area contributed by atoms with Gasteiger partial charge in [-0.1, -0.05) is 44.2 Å². The number of H-pyrrole nitrogens is 1. The third-order valence-corrected chi connectivity index (χ3v) is 7.16. The zero-order valence-electron chi connectivity index (χ0n) is 21.7. The third kappa shape index (κ3) is 5.09. The summed E-state index contributed by atoms with van der Waals surface area (Å²) in [4.78, 5) is 19.0. The Kier molecular flexibility index (Phi) is 7.22. The summed E-state index contributed by atoms with van der Waals surface area (Å²) in [5, 5.41) is 14.1. The van der Waals surface area contributed by atoms with Gasteiger partial charge in [-0.05, 0) is 87.4 Å². The molecule has 1 saturated carbocycles. The highest BCUT2D eigenvalue weighted by Gasteiger charge is 2.34. The van der Waals surface area contributed by atoms with Gasteiger partial charge in [-0.3, -0.25) is 9.69 Å². The third-order valence-electron chi connectivity index (χ3n) is 7.16. The van der Waals surface area contributed by atoms with E-state index in [-0.39, 0.29) is 17.1 Å². The summed E-state index contributed by atoms with van der Waals surface area (Å²) in [6.07, 6.45) is 8.04. The fourth-order valence-corrected chi connectivity index (χ4v) is 5.55. The lowest BCUT2D eigenvalue weighted by molar-refractivity contribution is 0.0779. The van der Waals surface area contributed by atoms with Crippen molar-refractivity contribution in [2.45, 2.75) is 111 Å².